The number of amides is 6. The first-order valence-corrected chi connectivity index (χ1v) is 26.7. The summed E-state index contributed by atoms with van der Waals surface area (Å²) >= 11 is 0. The molecule has 438 valence electrons. The highest BCUT2D eigenvalue weighted by atomic mass is 16.7. The van der Waals surface area contributed by atoms with E-state index in [2.05, 4.69) is 21.7 Å². The molecule has 2 fully saturated rings. The number of terminal acetylenes is 1. The number of aliphatic hydroxyl groups is 4. The quantitative estimate of drug-likeness (QED) is 0.0553. The summed E-state index contributed by atoms with van der Waals surface area (Å²) < 4.78 is 34.2. The topological polar surface area (TPSA) is 302 Å². The molecule has 0 radical (unpaired) electrons. The molecule has 2 aromatic carbocycles. The maximum absolute atomic E-state index is 14.7. The van der Waals surface area contributed by atoms with Gasteiger partial charge in [-0.3, -0.25) is 28.9 Å². The highest BCUT2D eigenvalue weighted by molar-refractivity contribution is 5.92. The Kier molecular flexibility index (Phi) is 25.1. The summed E-state index contributed by atoms with van der Waals surface area (Å²) in [6, 6.07) is 9.19. The SMILES string of the molecule is C#CCOc1cc(OC2OC(C(=O)N=O)C(O)C(O)C2O)ccc1COC(=O)N(C)C(C(=O)NC(C(=O)N(C)C(C(C)CC)C(CC(=O)N1CCCC1C(OC)C(C)C(=O)NC(C)C(O)c1ccccc1)OC)C(C)C)C(C)C. The van der Waals surface area contributed by atoms with Crippen LogP contribution in [0.3, 0.4) is 0 Å². The summed E-state index contributed by atoms with van der Waals surface area (Å²) in [7, 11) is 5.98. The van der Waals surface area contributed by atoms with Crippen LogP contribution in [0.25, 0.3) is 0 Å². The lowest BCUT2D eigenvalue weighted by molar-refractivity contribution is -0.266. The van der Waals surface area contributed by atoms with Crippen molar-refractivity contribution >= 4 is 35.6 Å². The molecular weight excluding hydrogens is 1030 g/mol. The second-order valence-electron chi connectivity index (χ2n) is 21.0. The third-order valence-corrected chi connectivity index (χ3v) is 14.9. The molecule has 4 rings (SSSR count). The summed E-state index contributed by atoms with van der Waals surface area (Å²) in [4.78, 5) is 98.1. The number of likely N-dealkylation sites (N-methyl/N-ethyl adjacent to an activating group) is 2. The molecule has 0 aromatic heterocycles. The van der Waals surface area contributed by atoms with E-state index < -0.39 is 127 Å². The predicted molar refractivity (Wildman–Crippen MR) is 287 cm³/mol. The van der Waals surface area contributed by atoms with Crippen LogP contribution in [0, 0.1) is 40.9 Å². The minimum absolute atomic E-state index is 0.0501. The Balaban J connectivity index is 1.46. The molecule has 6 N–H and O–H groups in total. The standard InChI is InChI=1S/C56H82N6O17/c1-14-26-76-39-27-37(78-55-48(67)46(65)47(66)50(79-55)53(70)59-73)24-23-36(39)29-77-56(72)61(11)43(31(5)6)52(69)58-42(30(3)4)54(71)60(10)44(32(7)15-2)40(74-12)28-41(63)62-25-19-22-38(62)49(75-13)33(8)51(68)57-34(9)45(64)35-20-17-16-18-21-35/h1,16-18,20-21,23-24,27,30-34,38,40,42-50,55,64-67H,15,19,22,25-26,28-29H2,2-13H3,(H,57,68)(H,58,69). The largest absolute Gasteiger partial charge is 0.480 e. The number of carbonyl (C=O) groups excluding carboxylic acids is 6. The maximum atomic E-state index is 14.7. The van der Waals surface area contributed by atoms with Crippen molar-refractivity contribution in [2.75, 3.05) is 41.5 Å². The van der Waals surface area contributed by atoms with Crippen LogP contribution in [0.4, 0.5) is 4.79 Å². The summed E-state index contributed by atoms with van der Waals surface area (Å²) in [6.07, 6.45) is -5.57. The zero-order valence-electron chi connectivity index (χ0n) is 47.3. The monoisotopic (exact) mass is 1110 g/mol. The number of nitrogens with one attached hydrogen (secondary N) is 2. The molecule has 0 aliphatic carbocycles. The highest BCUT2D eigenvalue weighted by Crippen LogP contribution is 2.33. The van der Waals surface area contributed by atoms with Crippen LogP contribution in [0.5, 0.6) is 11.5 Å². The van der Waals surface area contributed by atoms with E-state index in [0.29, 0.717) is 31.4 Å². The summed E-state index contributed by atoms with van der Waals surface area (Å²) in [5.41, 5.74) is 0.937. The van der Waals surface area contributed by atoms with Crippen molar-refractivity contribution in [2.24, 2.45) is 28.8 Å². The normalized spacial score (nSPS) is 22.6. The smallest absolute Gasteiger partial charge is 0.410 e. The van der Waals surface area contributed by atoms with Crippen LogP contribution >= 0.6 is 0 Å². The van der Waals surface area contributed by atoms with Gasteiger partial charge in [-0.15, -0.1) is 11.3 Å². The van der Waals surface area contributed by atoms with E-state index in [-0.39, 0.29) is 47.8 Å². The fourth-order valence-electron chi connectivity index (χ4n) is 10.2. The fourth-order valence-corrected chi connectivity index (χ4v) is 10.2. The molecule has 2 aromatic rings. The molecule has 2 heterocycles. The third-order valence-electron chi connectivity index (χ3n) is 14.9. The molecule has 0 bridgehead atoms. The molecule has 2 aliphatic rings. The van der Waals surface area contributed by atoms with Gasteiger partial charge in [0.15, 0.2) is 6.10 Å². The predicted octanol–water partition coefficient (Wildman–Crippen LogP) is 3.07. The Labute approximate surface area is 462 Å². The van der Waals surface area contributed by atoms with E-state index in [1.165, 1.54) is 44.4 Å². The summed E-state index contributed by atoms with van der Waals surface area (Å²) in [6.45, 7) is 14.1. The van der Waals surface area contributed by atoms with E-state index in [0.717, 1.165) is 4.90 Å². The van der Waals surface area contributed by atoms with Crippen LogP contribution in [0.15, 0.2) is 53.7 Å². The number of methoxy groups -OCH3 is 2. The van der Waals surface area contributed by atoms with Crippen molar-refractivity contribution in [1.29, 1.82) is 0 Å². The van der Waals surface area contributed by atoms with Gasteiger partial charge in [0, 0.05) is 51.7 Å². The summed E-state index contributed by atoms with van der Waals surface area (Å²) in [5, 5.41) is 49.9. The van der Waals surface area contributed by atoms with E-state index in [1.807, 2.05) is 32.0 Å². The number of ether oxygens (including phenoxy) is 6. The Morgan fingerprint density at radius 2 is 1.56 bits per heavy atom. The molecule has 15 unspecified atom stereocenters. The first-order chi connectivity index (χ1) is 37.4. The van der Waals surface area contributed by atoms with Crippen molar-refractivity contribution < 1.29 is 77.6 Å². The maximum Gasteiger partial charge on any atom is 0.410 e. The number of likely N-dealkylation sites (tertiary alicyclic amines) is 1. The molecule has 23 nitrogen and oxygen atoms in total. The third kappa shape index (κ3) is 16.4. The van der Waals surface area contributed by atoms with Crippen LogP contribution in [-0.4, -0.2) is 185 Å². The van der Waals surface area contributed by atoms with Gasteiger partial charge < -0.3 is 69.3 Å². The van der Waals surface area contributed by atoms with Gasteiger partial charge in [-0.05, 0) is 55.2 Å². The minimum Gasteiger partial charge on any atom is -0.480 e. The number of aliphatic hydroxyl groups excluding tert-OH is 4. The van der Waals surface area contributed by atoms with Gasteiger partial charge in [-0.1, -0.05) is 91.1 Å². The lowest BCUT2D eigenvalue weighted by atomic mass is 9.89. The number of hydrogen-bond acceptors (Lipinski definition) is 17. The number of carbonyl (C=O) groups is 6. The second kappa shape index (κ2) is 30.4. The molecule has 2 saturated heterocycles. The van der Waals surface area contributed by atoms with E-state index in [1.54, 1.807) is 65.6 Å². The minimum atomic E-state index is -1.97. The van der Waals surface area contributed by atoms with Crippen LogP contribution in [0.1, 0.15) is 98.3 Å². The van der Waals surface area contributed by atoms with Crippen LogP contribution < -0.4 is 20.1 Å². The van der Waals surface area contributed by atoms with Crippen LogP contribution in [-0.2, 0) is 49.5 Å². The van der Waals surface area contributed by atoms with Crippen molar-refractivity contribution in [3.05, 3.63) is 64.6 Å². The Morgan fingerprint density at radius 1 is 0.886 bits per heavy atom. The van der Waals surface area contributed by atoms with Crippen LogP contribution in [0.2, 0.25) is 0 Å². The number of hydrogen-bond donors (Lipinski definition) is 6. The molecule has 15 atom stereocenters. The molecular formula is C56H82N6O17. The summed E-state index contributed by atoms with van der Waals surface area (Å²) in [5.74, 6) is -2.59. The van der Waals surface area contributed by atoms with E-state index in [4.69, 9.17) is 34.8 Å². The van der Waals surface area contributed by atoms with Crippen molar-refractivity contribution in [3.8, 4) is 23.8 Å². The molecule has 2 aliphatic heterocycles. The first-order valence-electron chi connectivity index (χ1n) is 26.7. The lowest BCUT2D eigenvalue weighted by Crippen LogP contribution is -2.60. The zero-order valence-corrected chi connectivity index (χ0v) is 47.3. The molecule has 23 heteroatoms. The van der Waals surface area contributed by atoms with Gasteiger partial charge in [-0.25, -0.2) is 4.79 Å². The Morgan fingerprint density at radius 3 is 2.14 bits per heavy atom. The molecule has 0 spiro atoms. The van der Waals surface area contributed by atoms with Gasteiger partial charge >= 0.3 is 12.0 Å². The number of nitroso groups, excluding NO2 is 1. The van der Waals surface area contributed by atoms with Crippen molar-refractivity contribution in [1.82, 2.24) is 25.3 Å². The molecule has 6 amide bonds. The number of benzene rings is 2. The van der Waals surface area contributed by atoms with Gasteiger partial charge in [0.1, 0.15) is 55.1 Å². The van der Waals surface area contributed by atoms with Gasteiger partial charge in [-0.2, -0.15) is 0 Å². The fraction of sp³-hybridized carbons (Fsp3) is 0.643. The number of nitrogens with zero attached hydrogens (tertiary/aromatic N) is 4. The molecule has 0 saturated carbocycles. The second-order valence-corrected chi connectivity index (χ2v) is 21.0. The van der Waals surface area contributed by atoms with Gasteiger partial charge in [0.05, 0.1) is 48.8 Å². The molecule has 79 heavy (non-hydrogen) atoms. The Hall–Kier alpha value is -6.26. The highest BCUT2D eigenvalue weighted by Gasteiger charge is 2.49. The first kappa shape index (κ1) is 65.3. The Bertz CT molecular complexity index is 2410. The van der Waals surface area contributed by atoms with Gasteiger partial charge in [0.25, 0.3) is 0 Å². The average Bonchev–Trinajstić information content (AvgIpc) is 3.94. The zero-order chi connectivity index (χ0) is 59.0. The number of rotatable bonds is 27. The van der Waals surface area contributed by atoms with E-state index in [9.17, 15) is 54.1 Å². The average molecular weight is 1110 g/mol. The van der Waals surface area contributed by atoms with E-state index >= 15 is 0 Å². The van der Waals surface area contributed by atoms with Crippen molar-refractivity contribution in [3.63, 3.8) is 0 Å². The lowest BCUT2D eigenvalue weighted by Gasteiger charge is -2.41. The van der Waals surface area contributed by atoms with Gasteiger partial charge in [0.2, 0.25) is 29.9 Å². The van der Waals surface area contributed by atoms with Crippen molar-refractivity contribution in [2.45, 2.75) is 167 Å².